The zero-order valence-corrected chi connectivity index (χ0v) is 8.63. The minimum Gasteiger partial charge on any atom is -0.496 e. The summed E-state index contributed by atoms with van der Waals surface area (Å²) in [5.74, 6) is -2.79. The lowest BCUT2D eigenvalue weighted by molar-refractivity contribution is 0.192. The summed E-state index contributed by atoms with van der Waals surface area (Å²) in [4.78, 5) is 0. The van der Waals surface area contributed by atoms with E-state index in [1.807, 2.05) is 0 Å². The molecule has 0 N–H and O–H groups in total. The standard InChI is InChI=1S/C5H6Cl3O2P/c6-2-4-1-5(3-10-4)11(7,8)9/h3-4H,1-2H2. The maximum absolute atomic E-state index is 11.0. The fourth-order valence-corrected chi connectivity index (χ4v) is 2.20. The van der Waals surface area contributed by atoms with Gasteiger partial charge in [0.1, 0.15) is 6.10 Å². The summed E-state index contributed by atoms with van der Waals surface area (Å²) in [7, 11) is 0. The molecule has 1 aliphatic rings. The van der Waals surface area contributed by atoms with Crippen LogP contribution in [0, 0.1) is 0 Å². The zero-order chi connectivity index (χ0) is 8.48. The molecule has 0 aromatic heterocycles. The molecule has 11 heavy (non-hydrogen) atoms. The number of halogens is 3. The molecule has 64 valence electrons. The van der Waals surface area contributed by atoms with Crippen LogP contribution in [-0.2, 0) is 9.30 Å². The van der Waals surface area contributed by atoms with Crippen molar-refractivity contribution in [3.05, 3.63) is 11.6 Å². The van der Waals surface area contributed by atoms with Gasteiger partial charge in [0, 0.05) is 6.42 Å². The highest BCUT2D eigenvalue weighted by molar-refractivity contribution is 8.11. The summed E-state index contributed by atoms with van der Waals surface area (Å²) in [5, 5.41) is 0.450. The summed E-state index contributed by atoms with van der Waals surface area (Å²) < 4.78 is 16.0. The molecule has 0 amide bonds. The fraction of sp³-hybridized carbons (Fsp3) is 0.600. The van der Waals surface area contributed by atoms with Gasteiger partial charge in [-0.3, -0.25) is 4.57 Å². The Balaban J connectivity index is 2.60. The van der Waals surface area contributed by atoms with E-state index in [9.17, 15) is 4.57 Å². The van der Waals surface area contributed by atoms with Gasteiger partial charge in [0.05, 0.1) is 17.5 Å². The molecule has 0 aromatic rings. The van der Waals surface area contributed by atoms with Crippen molar-refractivity contribution >= 4 is 39.9 Å². The Morgan fingerprint density at radius 1 is 1.73 bits per heavy atom. The highest BCUT2D eigenvalue weighted by Gasteiger charge is 2.29. The summed E-state index contributed by atoms with van der Waals surface area (Å²) in [6, 6.07) is 0. The SMILES string of the molecule is O=P(Cl)(Cl)C1=COC(CCl)C1. The van der Waals surface area contributed by atoms with Gasteiger partial charge in [-0.1, -0.05) is 0 Å². The third-order valence-corrected chi connectivity index (χ3v) is 3.94. The molecule has 1 heterocycles. The third-order valence-electron chi connectivity index (χ3n) is 1.34. The second kappa shape index (κ2) is 3.57. The molecule has 1 unspecified atom stereocenters. The number of hydrogen-bond donors (Lipinski definition) is 0. The van der Waals surface area contributed by atoms with Crippen LogP contribution in [0.25, 0.3) is 0 Å². The maximum atomic E-state index is 11.0. The Kier molecular flexibility index (Phi) is 3.16. The molecular weight excluding hydrogens is 229 g/mol. The monoisotopic (exact) mass is 234 g/mol. The Bertz CT molecular complexity index is 222. The van der Waals surface area contributed by atoms with Crippen LogP contribution in [0.15, 0.2) is 11.6 Å². The maximum Gasteiger partial charge on any atom is 0.281 e. The molecule has 0 fully saturated rings. The van der Waals surface area contributed by atoms with E-state index in [4.69, 9.17) is 38.8 Å². The van der Waals surface area contributed by atoms with Crippen LogP contribution in [0.5, 0.6) is 0 Å². The molecule has 0 saturated heterocycles. The number of rotatable bonds is 2. The lowest BCUT2D eigenvalue weighted by atomic mass is 10.3. The quantitative estimate of drug-likeness (QED) is 0.541. The van der Waals surface area contributed by atoms with E-state index in [0.717, 1.165) is 0 Å². The van der Waals surface area contributed by atoms with E-state index in [1.54, 1.807) is 0 Å². The van der Waals surface area contributed by atoms with Gasteiger partial charge in [-0.25, -0.2) is 0 Å². The van der Waals surface area contributed by atoms with Crippen molar-refractivity contribution in [3.8, 4) is 0 Å². The smallest absolute Gasteiger partial charge is 0.281 e. The van der Waals surface area contributed by atoms with Crippen LogP contribution in [0.4, 0.5) is 0 Å². The number of ether oxygens (including phenoxy) is 1. The van der Waals surface area contributed by atoms with Gasteiger partial charge in [0.25, 0.3) is 5.85 Å². The molecule has 0 saturated carbocycles. The van der Waals surface area contributed by atoms with Gasteiger partial charge in [0.15, 0.2) is 0 Å². The molecule has 1 atom stereocenters. The number of hydrogen-bond acceptors (Lipinski definition) is 2. The Labute approximate surface area is 79.4 Å². The van der Waals surface area contributed by atoms with Crippen LogP contribution in [0.2, 0.25) is 0 Å². The minimum atomic E-state index is -3.14. The van der Waals surface area contributed by atoms with Crippen molar-refractivity contribution in [2.24, 2.45) is 0 Å². The molecule has 0 radical (unpaired) electrons. The van der Waals surface area contributed by atoms with Crippen LogP contribution in [0.1, 0.15) is 6.42 Å². The van der Waals surface area contributed by atoms with E-state index in [-0.39, 0.29) is 6.10 Å². The van der Waals surface area contributed by atoms with E-state index >= 15 is 0 Å². The largest absolute Gasteiger partial charge is 0.496 e. The van der Waals surface area contributed by atoms with Gasteiger partial charge in [0.2, 0.25) is 0 Å². The van der Waals surface area contributed by atoms with Crippen molar-refractivity contribution in [1.29, 1.82) is 0 Å². The normalized spacial score (nSPS) is 24.6. The minimum absolute atomic E-state index is 0.127. The summed E-state index contributed by atoms with van der Waals surface area (Å²) in [6.07, 6.45) is 1.68. The van der Waals surface area contributed by atoms with Crippen LogP contribution in [0.3, 0.4) is 0 Å². The fourth-order valence-electron chi connectivity index (χ4n) is 0.763. The van der Waals surface area contributed by atoms with Gasteiger partial charge >= 0.3 is 0 Å². The summed E-state index contributed by atoms with van der Waals surface area (Å²) in [5.41, 5.74) is 0. The van der Waals surface area contributed by atoms with Crippen molar-refractivity contribution in [2.45, 2.75) is 12.5 Å². The first-order chi connectivity index (χ1) is 5.04. The van der Waals surface area contributed by atoms with Crippen molar-refractivity contribution in [2.75, 3.05) is 5.88 Å². The van der Waals surface area contributed by atoms with E-state index in [1.165, 1.54) is 6.26 Å². The Morgan fingerprint density at radius 3 is 2.64 bits per heavy atom. The van der Waals surface area contributed by atoms with Gasteiger partial charge in [-0.2, -0.15) is 0 Å². The van der Waals surface area contributed by atoms with Crippen LogP contribution in [-0.4, -0.2) is 12.0 Å². The van der Waals surface area contributed by atoms with Gasteiger partial charge in [-0.15, -0.1) is 11.6 Å². The highest BCUT2D eigenvalue weighted by Crippen LogP contribution is 2.66. The molecule has 0 bridgehead atoms. The molecule has 1 aliphatic heterocycles. The molecule has 0 spiro atoms. The first-order valence-corrected chi connectivity index (χ1v) is 6.99. The molecule has 2 nitrogen and oxygen atoms in total. The zero-order valence-electron chi connectivity index (χ0n) is 5.47. The Hall–Kier alpha value is 0.640. The van der Waals surface area contributed by atoms with Crippen molar-refractivity contribution in [3.63, 3.8) is 0 Å². The van der Waals surface area contributed by atoms with Gasteiger partial charge < -0.3 is 4.74 Å². The van der Waals surface area contributed by atoms with Crippen molar-refractivity contribution in [1.82, 2.24) is 0 Å². The number of alkyl halides is 1. The first kappa shape index (κ1) is 9.73. The topological polar surface area (TPSA) is 26.3 Å². The third kappa shape index (κ3) is 2.55. The molecule has 0 aromatic carbocycles. The molecule has 6 heteroatoms. The van der Waals surface area contributed by atoms with Crippen LogP contribution < -0.4 is 0 Å². The second-order valence-corrected chi connectivity index (χ2v) is 7.37. The predicted octanol–water partition coefficient (Wildman–Crippen LogP) is 3.53. The average molecular weight is 235 g/mol. The van der Waals surface area contributed by atoms with E-state index in [2.05, 4.69) is 0 Å². The van der Waals surface area contributed by atoms with E-state index < -0.39 is 5.85 Å². The average Bonchev–Trinajstić information content (AvgIpc) is 2.32. The summed E-state index contributed by atoms with van der Waals surface area (Å²) >= 11 is 16.3. The molecule has 1 rings (SSSR count). The highest BCUT2D eigenvalue weighted by atomic mass is 35.9. The lowest BCUT2D eigenvalue weighted by Gasteiger charge is -2.04. The van der Waals surface area contributed by atoms with Gasteiger partial charge in [-0.05, 0) is 22.5 Å². The lowest BCUT2D eigenvalue weighted by Crippen LogP contribution is -2.05. The van der Waals surface area contributed by atoms with Crippen molar-refractivity contribution < 1.29 is 9.30 Å². The predicted molar refractivity (Wildman–Crippen MR) is 47.6 cm³/mol. The van der Waals surface area contributed by atoms with E-state index in [0.29, 0.717) is 17.6 Å². The second-order valence-electron chi connectivity index (χ2n) is 2.19. The molecule has 0 aliphatic carbocycles. The Morgan fingerprint density at radius 2 is 2.36 bits per heavy atom. The summed E-state index contributed by atoms with van der Waals surface area (Å²) in [6.45, 7) is 0. The first-order valence-electron chi connectivity index (χ1n) is 2.94. The molecular formula is C5H6Cl3O2P. The van der Waals surface area contributed by atoms with Crippen LogP contribution >= 0.6 is 39.9 Å².